The molecule has 4 heterocycles. The molecule has 0 aliphatic carbocycles. The molecule has 0 amide bonds. The summed E-state index contributed by atoms with van der Waals surface area (Å²) in [5.41, 5.74) is 10.9. The number of rotatable bonds is 7. The van der Waals surface area contributed by atoms with E-state index < -0.39 is 0 Å². The molecule has 11 rings (SSSR count). The molecule has 4 nitrogen and oxygen atoms in total. The van der Waals surface area contributed by atoms with Crippen LogP contribution in [0.3, 0.4) is 0 Å². The van der Waals surface area contributed by atoms with Crippen LogP contribution in [0.4, 0.5) is 0 Å². The highest BCUT2D eigenvalue weighted by atomic mass is 32.1. The summed E-state index contributed by atoms with van der Waals surface area (Å²) in [4.78, 5) is 10.5. The maximum Gasteiger partial charge on any atom is 0.162 e. The van der Waals surface area contributed by atoms with E-state index in [9.17, 15) is 0 Å². The van der Waals surface area contributed by atoms with Gasteiger partial charge in [-0.05, 0) is 60.0 Å². The van der Waals surface area contributed by atoms with Crippen molar-refractivity contribution in [2.75, 3.05) is 0 Å². The molecule has 0 radical (unpaired) electrons. The van der Waals surface area contributed by atoms with Crippen LogP contribution in [0, 0.1) is 0 Å². The third-order valence-electron chi connectivity index (χ3n) is 11.2. The van der Waals surface area contributed by atoms with Crippen LogP contribution in [0.5, 0.6) is 0 Å². The minimum atomic E-state index is 0.669. The Kier molecular flexibility index (Phi) is 8.02. The van der Waals surface area contributed by atoms with Crippen molar-refractivity contribution in [2.45, 2.75) is 6.92 Å². The summed E-state index contributed by atoms with van der Waals surface area (Å²) in [7, 11) is 0. The van der Waals surface area contributed by atoms with Gasteiger partial charge in [0.05, 0.1) is 27.8 Å². The number of allylic oxidation sites excluding steroid dienone is 5. The number of hydrogen-bond donors (Lipinski definition) is 0. The van der Waals surface area contributed by atoms with Crippen molar-refractivity contribution in [1.29, 1.82) is 0 Å². The molecule has 0 atom stereocenters. The van der Waals surface area contributed by atoms with Gasteiger partial charge in [0.15, 0.2) is 5.82 Å². The molecule has 4 aromatic heterocycles. The van der Waals surface area contributed by atoms with Gasteiger partial charge in [-0.25, -0.2) is 9.97 Å². The van der Waals surface area contributed by atoms with Gasteiger partial charge in [0, 0.05) is 59.0 Å². The first-order valence-corrected chi connectivity index (χ1v) is 20.4. The van der Waals surface area contributed by atoms with Crippen LogP contribution in [0.25, 0.3) is 103 Å². The molecular weight excluding hydrogens is 725 g/mol. The van der Waals surface area contributed by atoms with E-state index in [0.717, 1.165) is 39.4 Å². The third kappa shape index (κ3) is 5.28. The minimum absolute atomic E-state index is 0.669. The van der Waals surface area contributed by atoms with Crippen LogP contribution in [-0.2, 0) is 0 Å². The highest BCUT2D eigenvalue weighted by molar-refractivity contribution is 7.26. The van der Waals surface area contributed by atoms with E-state index >= 15 is 0 Å². The van der Waals surface area contributed by atoms with E-state index in [2.05, 4.69) is 167 Å². The van der Waals surface area contributed by atoms with Crippen LogP contribution in [0.15, 0.2) is 195 Å². The van der Waals surface area contributed by atoms with Crippen LogP contribution in [0.1, 0.15) is 12.6 Å². The van der Waals surface area contributed by atoms with Crippen molar-refractivity contribution in [3.63, 3.8) is 0 Å². The van der Waals surface area contributed by atoms with Crippen LogP contribution in [0.2, 0.25) is 0 Å². The molecule has 11 aromatic rings. The number of hydrogen-bond acceptors (Lipinski definition) is 3. The molecule has 274 valence electrons. The molecule has 0 spiro atoms. The van der Waals surface area contributed by atoms with Crippen molar-refractivity contribution < 1.29 is 0 Å². The Morgan fingerprint density at radius 2 is 1.10 bits per heavy atom. The van der Waals surface area contributed by atoms with Crippen molar-refractivity contribution in [3.05, 3.63) is 200 Å². The average Bonchev–Trinajstić information content (AvgIpc) is 3.94. The summed E-state index contributed by atoms with van der Waals surface area (Å²) < 4.78 is 7.32. The predicted octanol–water partition coefficient (Wildman–Crippen LogP) is 14.5. The molecule has 0 aliphatic rings. The Balaban J connectivity index is 1.28. The SMILES string of the molecule is C=C/C=C(\C=C/C)c1cc(-n2c3ccccc3c3ccc4sc5ccc6c7ccccc7n(-c7ccc(-c8ccccc8)cc7)c6c5c4c32)nc(-c2ccccc2)n1. The topological polar surface area (TPSA) is 35.6 Å². The average molecular weight is 761 g/mol. The van der Waals surface area contributed by atoms with Gasteiger partial charge in [-0.3, -0.25) is 4.57 Å². The molecule has 0 fully saturated rings. The summed E-state index contributed by atoms with van der Waals surface area (Å²) >= 11 is 1.85. The van der Waals surface area contributed by atoms with Gasteiger partial charge in [0.2, 0.25) is 0 Å². The normalized spacial score (nSPS) is 12.3. The molecule has 0 saturated carbocycles. The highest BCUT2D eigenvalue weighted by Crippen LogP contribution is 2.47. The number of para-hydroxylation sites is 2. The summed E-state index contributed by atoms with van der Waals surface area (Å²) in [6.45, 7) is 6.06. The van der Waals surface area contributed by atoms with Crippen molar-refractivity contribution in [2.24, 2.45) is 0 Å². The Hall–Kier alpha value is -7.34. The lowest BCUT2D eigenvalue weighted by molar-refractivity contribution is 1.04. The third-order valence-corrected chi connectivity index (χ3v) is 12.3. The first-order valence-electron chi connectivity index (χ1n) is 19.6. The molecule has 7 aromatic carbocycles. The molecular formula is C53H36N4S. The molecule has 5 heteroatoms. The zero-order valence-electron chi connectivity index (χ0n) is 31.8. The van der Waals surface area contributed by atoms with Gasteiger partial charge < -0.3 is 4.57 Å². The van der Waals surface area contributed by atoms with E-state index in [1.54, 1.807) is 0 Å². The van der Waals surface area contributed by atoms with Crippen LogP contribution >= 0.6 is 11.3 Å². The predicted molar refractivity (Wildman–Crippen MR) is 247 cm³/mol. The lowest BCUT2D eigenvalue weighted by atomic mass is 10.0. The molecule has 0 N–H and O–H groups in total. The lowest BCUT2D eigenvalue weighted by Crippen LogP contribution is -2.04. The molecule has 0 unspecified atom stereocenters. The lowest BCUT2D eigenvalue weighted by Gasteiger charge is -2.13. The van der Waals surface area contributed by atoms with Gasteiger partial charge >= 0.3 is 0 Å². The molecule has 0 aliphatic heterocycles. The van der Waals surface area contributed by atoms with E-state index in [-0.39, 0.29) is 0 Å². The molecule has 58 heavy (non-hydrogen) atoms. The largest absolute Gasteiger partial charge is 0.309 e. The summed E-state index contributed by atoms with van der Waals surface area (Å²) in [5, 5.41) is 7.30. The summed E-state index contributed by atoms with van der Waals surface area (Å²) in [6, 6.07) is 58.7. The maximum absolute atomic E-state index is 5.39. The Morgan fingerprint density at radius 3 is 1.72 bits per heavy atom. The second-order valence-corrected chi connectivity index (χ2v) is 15.6. The Bertz CT molecular complexity index is 3450. The molecule has 0 saturated heterocycles. The van der Waals surface area contributed by atoms with Crippen LogP contribution in [-0.4, -0.2) is 19.1 Å². The van der Waals surface area contributed by atoms with Gasteiger partial charge in [0.25, 0.3) is 0 Å². The van der Waals surface area contributed by atoms with Gasteiger partial charge in [-0.2, -0.15) is 0 Å². The smallest absolute Gasteiger partial charge is 0.162 e. The van der Waals surface area contributed by atoms with Gasteiger partial charge in [0.1, 0.15) is 5.82 Å². The highest BCUT2D eigenvalue weighted by Gasteiger charge is 2.24. The van der Waals surface area contributed by atoms with Crippen molar-refractivity contribution >= 4 is 80.7 Å². The first kappa shape index (κ1) is 34.0. The zero-order chi connectivity index (χ0) is 38.7. The first-order chi connectivity index (χ1) is 28.7. The summed E-state index contributed by atoms with van der Waals surface area (Å²) in [6.07, 6.45) is 7.96. The number of fused-ring (bicyclic) bond motifs is 11. The minimum Gasteiger partial charge on any atom is -0.309 e. The zero-order valence-corrected chi connectivity index (χ0v) is 32.6. The Labute approximate surface area is 339 Å². The quantitative estimate of drug-likeness (QED) is 0.152. The number of nitrogens with zero attached hydrogens (tertiary/aromatic N) is 4. The van der Waals surface area contributed by atoms with E-state index in [4.69, 9.17) is 9.97 Å². The Morgan fingerprint density at radius 1 is 0.552 bits per heavy atom. The number of aromatic nitrogens is 4. The van der Waals surface area contributed by atoms with Crippen molar-refractivity contribution in [3.8, 4) is 34.0 Å². The summed E-state index contributed by atoms with van der Waals surface area (Å²) in [5.74, 6) is 1.48. The second-order valence-electron chi connectivity index (χ2n) is 14.5. The second kappa shape index (κ2) is 13.7. The monoisotopic (exact) mass is 760 g/mol. The van der Waals surface area contributed by atoms with E-state index in [1.165, 1.54) is 63.9 Å². The number of benzene rings is 7. The van der Waals surface area contributed by atoms with Crippen molar-refractivity contribution in [1.82, 2.24) is 19.1 Å². The van der Waals surface area contributed by atoms with Gasteiger partial charge in [-0.1, -0.05) is 152 Å². The van der Waals surface area contributed by atoms with Crippen LogP contribution < -0.4 is 0 Å². The maximum atomic E-state index is 5.39. The standard InChI is InChI=1S/C53H36N4S/c1-3-15-36(16-4-2)43-33-48(55-53(54-43)37-19-9-6-10-20-37)57-45-24-14-12-22-40(45)42-30-32-47-50(52(42)57)49-46(58-47)31-29-41-39-21-11-13-23-44(39)56(51(41)49)38-27-25-35(26-28-38)34-17-7-5-8-18-34/h3-33H,1H2,2H3/b16-4-,36-15+. The fourth-order valence-corrected chi connectivity index (χ4v) is 9.85. The molecule has 0 bridgehead atoms. The number of thiophene rings is 1. The fourth-order valence-electron chi connectivity index (χ4n) is 8.74. The fraction of sp³-hybridized carbons (Fsp3) is 0.0189. The van der Waals surface area contributed by atoms with E-state index in [0.29, 0.717) is 5.82 Å². The van der Waals surface area contributed by atoms with Gasteiger partial charge in [-0.15, -0.1) is 11.3 Å². The van der Waals surface area contributed by atoms with E-state index in [1.807, 2.05) is 54.7 Å².